The van der Waals surface area contributed by atoms with Crippen LogP contribution in [0.1, 0.15) is 24.2 Å². The molecule has 1 N–H and O–H groups in total. The van der Waals surface area contributed by atoms with Gasteiger partial charge in [0, 0.05) is 22.8 Å². The lowest BCUT2D eigenvalue weighted by Crippen LogP contribution is -2.28. The van der Waals surface area contributed by atoms with E-state index in [1.54, 1.807) is 24.3 Å². The van der Waals surface area contributed by atoms with E-state index >= 15 is 0 Å². The Morgan fingerprint density at radius 3 is 2.53 bits per heavy atom. The van der Waals surface area contributed by atoms with Crippen LogP contribution < -0.4 is 10.9 Å². The first-order valence-corrected chi connectivity index (χ1v) is 10.0. The van der Waals surface area contributed by atoms with Crippen molar-refractivity contribution < 1.29 is 4.79 Å². The van der Waals surface area contributed by atoms with Crippen LogP contribution in [-0.4, -0.2) is 15.6 Å². The first-order chi connectivity index (χ1) is 14.5. The highest BCUT2D eigenvalue weighted by Crippen LogP contribution is 2.33. The number of nitrogens with one attached hydrogen (secondary N) is 1. The molecule has 1 aromatic heterocycles. The summed E-state index contributed by atoms with van der Waals surface area (Å²) in [6.45, 7) is 3.67. The maximum atomic E-state index is 13.1. The molecule has 1 heterocycles. The number of fused-ring (bicyclic) bond motifs is 1. The lowest BCUT2D eigenvalue weighted by Gasteiger charge is -2.17. The van der Waals surface area contributed by atoms with E-state index in [9.17, 15) is 9.59 Å². The minimum atomic E-state index is -0.355. The lowest BCUT2D eigenvalue weighted by molar-refractivity contribution is 0.101. The number of aryl methyl sites for hydroxylation is 1. The van der Waals surface area contributed by atoms with E-state index in [1.807, 2.05) is 49.4 Å². The fourth-order valence-corrected chi connectivity index (χ4v) is 3.76. The Morgan fingerprint density at radius 2 is 1.80 bits per heavy atom. The van der Waals surface area contributed by atoms with E-state index in [0.29, 0.717) is 22.9 Å². The van der Waals surface area contributed by atoms with Crippen LogP contribution in [0, 0.1) is 0 Å². The smallest absolute Gasteiger partial charge is 0.291 e. The molecule has 0 saturated carbocycles. The summed E-state index contributed by atoms with van der Waals surface area (Å²) in [5, 5.41) is 10.2. The van der Waals surface area contributed by atoms with Gasteiger partial charge in [-0.3, -0.25) is 9.59 Å². The van der Waals surface area contributed by atoms with Crippen molar-refractivity contribution in [2.24, 2.45) is 0 Å². The van der Waals surface area contributed by atoms with Crippen LogP contribution in [0.5, 0.6) is 0 Å². The molecule has 0 aliphatic rings. The summed E-state index contributed by atoms with van der Waals surface area (Å²) >= 11 is 6.10. The van der Waals surface area contributed by atoms with Crippen molar-refractivity contribution in [2.75, 3.05) is 5.32 Å². The van der Waals surface area contributed by atoms with Crippen molar-refractivity contribution in [3.05, 3.63) is 87.7 Å². The average Bonchev–Trinajstić information content (AvgIpc) is 2.74. The zero-order chi connectivity index (χ0) is 21.3. The van der Waals surface area contributed by atoms with Gasteiger partial charge in [-0.1, -0.05) is 60.1 Å². The van der Waals surface area contributed by atoms with Gasteiger partial charge >= 0.3 is 0 Å². The van der Waals surface area contributed by atoms with Crippen LogP contribution in [0.4, 0.5) is 11.4 Å². The summed E-state index contributed by atoms with van der Waals surface area (Å²) in [4.78, 5) is 25.9. The number of aromatic nitrogens is 2. The topological polar surface area (TPSA) is 64.0 Å². The van der Waals surface area contributed by atoms with E-state index in [4.69, 9.17) is 11.6 Å². The fraction of sp³-hybridized carbons (Fsp3) is 0.125. The predicted molar refractivity (Wildman–Crippen MR) is 122 cm³/mol. The van der Waals surface area contributed by atoms with E-state index in [-0.39, 0.29) is 22.6 Å². The molecule has 0 fully saturated rings. The summed E-state index contributed by atoms with van der Waals surface area (Å²) < 4.78 is 1.37. The molecule has 0 radical (unpaired) electrons. The van der Waals surface area contributed by atoms with Gasteiger partial charge in [-0.2, -0.15) is 5.10 Å². The number of anilines is 2. The number of nitrogens with zero attached hydrogens (tertiary/aromatic N) is 2. The number of hydrogen-bond acceptors (Lipinski definition) is 4. The third-order valence-electron chi connectivity index (χ3n) is 4.95. The molecule has 0 spiro atoms. The molecule has 0 aliphatic carbocycles. The molecular weight excluding hydrogens is 398 g/mol. The van der Waals surface area contributed by atoms with Crippen molar-refractivity contribution in [1.82, 2.24) is 9.78 Å². The molecule has 0 atom stereocenters. The van der Waals surface area contributed by atoms with Crippen molar-refractivity contribution in [3.63, 3.8) is 0 Å². The Morgan fingerprint density at radius 1 is 1.07 bits per heavy atom. The van der Waals surface area contributed by atoms with Gasteiger partial charge in [-0.25, -0.2) is 4.68 Å². The summed E-state index contributed by atoms with van der Waals surface area (Å²) in [6.07, 6.45) is 0. The maximum Gasteiger partial charge on any atom is 0.291 e. The number of Topliss-reactive ketones (excluding diaryl/α,β-unsaturated/α-hetero) is 1. The second-order valence-corrected chi connectivity index (χ2v) is 7.37. The minimum Gasteiger partial charge on any atom is -0.350 e. The standard InChI is InChI=1S/C24H20ClN3O2/c1-3-28-24(30)23(26-18-11-7-10-17(25)14-18)21(15(2)29)22(27-28)20-13-6-9-16-8-4-5-12-19(16)20/h4-14,26H,3H2,1-2H3. The molecule has 150 valence electrons. The largest absolute Gasteiger partial charge is 0.350 e. The van der Waals surface area contributed by atoms with E-state index in [2.05, 4.69) is 10.4 Å². The Bertz CT molecular complexity index is 1320. The van der Waals surface area contributed by atoms with E-state index < -0.39 is 0 Å². The van der Waals surface area contributed by atoms with E-state index in [1.165, 1.54) is 11.6 Å². The highest BCUT2D eigenvalue weighted by molar-refractivity contribution is 6.30. The predicted octanol–water partition coefficient (Wildman–Crippen LogP) is 5.68. The van der Waals surface area contributed by atoms with Crippen molar-refractivity contribution in [3.8, 4) is 11.3 Å². The summed E-state index contributed by atoms with van der Waals surface area (Å²) in [6, 6.07) is 20.8. The van der Waals surface area contributed by atoms with Gasteiger partial charge in [-0.05, 0) is 42.8 Å². The van der Waals surface area contributed by atoms with Crippen LogP contribution in [0.15, 0.2) is 71.5 Å². The Labute approximate surface area is 178 Å². The molecule has 0 amide bonds. The lowest BCUT2D eigenvalue weighted by atomic mass is 9.97. The first-order valence-electron chi connectivity index (χ1n) is 9.66. The van der Waals surface area contributed by atoms with Crippen LogP contribution in [0.3, 0.4) is 0 Å². The molecule has 0 bridgehead atoms. The maximum absolute atomic E-state index is 13.1. The molecule has 4 aromatic rings. The molecule has 5 nitrogen and oxygen atoms in total. The van der Waals surface area contributed by atoms with Gasteiger partial charge in [0.1, 0.15) is 11.4 Å². The second kappa shape index (κ2) is 8.13. The van der Waals surface area contributed by atoms with Crippen molar-refractivity contribution >= 4 is 39.5 Å². The van der Waals surface area contributed by atoms with Crippen LogP contribution in [0.2, 0.25) is 5.02 Å². The first kappa shape index (κ1) is 19.9. The molecule has 0 aliphatic heterocycles. The zero-order valence-corrected chi connectivity index (χ0v) is 17.4. The van der Waals surface area contributed by atoms with Gasteiger partial charge in [0.15, 0.2) is 5.78 Å². The van der Waals surface area contributed by atoms with Gasteiger partial charge in [0.2, 0.25) is 0 Å². The van der Waals surface area contributed by atoms with Gasteiger partial charge in [-0.15, -0.1) is 0 Å². The average molecular weight is 418 g/mol. The SMILES string of the molecule is CCn1nc(-c2cccc3ccccc23)c(C(C)=O)c(Nc2cccc(Cl)c2)c1=O. The van der Waals surface area contributed by atoms with Crippen LogP contribution >= 0.6 is 11.6 Å². The Balaban J connectivity index is 2.04. The molecule has 0 saturated heterocycles. The second-order valence-electron chi connectivity index (χ2n) is 6.94. The van der Waals surface area contributed by atoms with Gasteiger partial charge in [0.25, 0.3) is 5.56 Å². The number of rotatable bonds is 5. The molecular formula is C24H20ClN3O2. The third-order valence-corrected chi connectivity index (χ3v) is 5.18. The molecule has 30 heavy (non-hydrogen) atoms. The van der Waals surface area contributed by atoms with Gasteiger partial charge < -0.3 is 5.32 Å². The number of carbonyl (C=O) groups excluding carboxylic acids is 1. The van der Waals surface area contributed by atoms with Crippen LogP contribution in [0.25, 0.3) is 22.0 Å². The number of halogens is 1. The van der Waals surface area contributed by atoms with E-state index in [0.717, 1.165) is 16.3 Å². The zero-order valence-electron chi connectivity index (χ0n) is 16.6. The fourth-order valence-electron chi connectivity index (χ4n) is 3.57. The number of ketones is 1. The summed E-state index contributed by atoms with van der Waals surface area (Å²) in [7, 11) is 0. The van der Waals surface area contributed by atoms with Crippen molar-refractivity contribution in [2.45, 2.75) is 20.4 Å². The molecule has 3 aromatic carbocycles. The van der Waals surface area contributed by atoms with Crippen LogP contribution in [-0.2, 0) is 6.54 Å². The summed E-state index contributed by atoms with van der Waals surface area (Å²) in [5.74, 6) is -0.240. The monoisotopic (exact) mass is 417 g/mol. The molecule has 6 heteroatoms. The highest BCUT2D eigenvalue weighted by atomic mass is 35.5. The van der Waals surface area contributed by atoms with Gasteiger partial charge in [0.05, 0.1) is 5.56 Å². The minimum absolute atomic E-state index is 0.199. The Hall–Kier alpha value is -3.44. The van der Waals surface area contributed by atoms with Crippen molar-refractivity contribution in [1.29, 1.82) is 0 Å². The number of carbonyl (C=O) groups is 1. The Kier molecular flexibility index (Phi) is 5.38. The molecule has 0 unspecified atom stereocenters. The normalized spacial score (nSPS) is 10.9. The molecule has 4 rings (SSSR count). The highest BCUT2D eigenvalue weighted by Gasteiger charge is 2.23. The third kappa shape index (κ3) is 3.60. The number of hydrogen-bond donors (Lipinski definition) is 1. The number of benzene rings is 3. The summed E-state index contributed by atoms with van der Waals surface area (Å²) in [5.41, 5.74) is 2.01. The quantitative estimate of drug-likeness (QED) is 0.424.